The zero-order valence-electron chi connectivity index (χ0n) is 12.3. The molecule has 0 N–H and O–H groups in total. The molecule has 5 heteroatoms. The Morgan fingerprint density at radius 2 is 1.64 bits per heavy atom. The van der Waals surface area contributed by atoms with Crippen LogP contribution in [0.3, 0.4) is 0 Å². The molecule has 3 rings (SSSR count). The third-order valence-electron chi connectivity index (χ3n) is 3.30. The molecular weight excluding hydrogens is 294 g/mol. The average Bonchev–Trinajstić information content (AvgIpc) is 2.91. The first kappa shape index (κ1) is 14.7. The number of para-hydroxylation sites is 1. The highest BCUT2D eigenvalue weighted by molar-refractivity contribution is 7.71. The lowest BCUT2D eigenvalue weighted by Gasteiger charge is -2.06. The van der Waals surface area contributed by atoms with Gasteiger partial charge in [-0.1, -0.05) is 48.5 Å². The number of hydrogen-bond donors (Lipinski definition) is 0. The van der Waals surface area contributed by atoms with Crippen molar-refractivity contribution in [2.75, 3.05) is 6.61 Å². The first-order valence-corrected chi connectivity index (χ1v) is 7.60. The molecule has 2 aromatic carbocycles. The lowest BCUT2D eigenvalue weighted by molar-refractivity contribution is 0.0779. The predicted molar refractivity (Wildman–Crippen MR) is 89.5 cm³/mol. The fraction of sp³-hybridized carbons (Fsp3) is 0.176. The summed E-state index contributed by atoms with van der Waals surface area (Å²) in [4.78, 5) is 0. The second-order valence-electron chi connectivity index (χ2n) is 4.76. The number of rotatable bonds is 5. The monoisotopic (exact) mass is 311 g/mol. The molecular formula is C17H17N3OS. The highest BCUT2D eigenvalue weighted by Crippen LogP contribution is 2.22. The average molecular weight is 311 g/mol. The van der Waals surface area contributed by atoms with Gasteiger partial charge in [-0.2, -0.15) is 0 Å². The summed E-state index contributed by atoms with van der Waals surface area (Å²) in [5.74, 6) is 0.816. The van der Waals surface area contributed by atoms with Crippen molar-refractivity contribution in [1.29, 1.82) is 0 Å². The Morgan fingerprint density at radius 1 is 1.00 bits per heavy atom. The standard InChI is InChI=1S/C17H17N3OS/c1-2-21-13-19-17(22)20(15-11-7-4-8-12-15)16(18-19)14-9-5-3-6-10-14/h3-12H,2,13H2,1H3. The fourth-order valence-electron chi connectivity index (χ4n) is 2.25. The Labute approximate surface area is 134 Å². The first-order valence-electron chi connectivity index (χ1n) is 7.19. The summed E-state index contributed by atoms with van der Waals surface area (Å²) in [5.41, 5.74) is 2.02. The summed E-state index contributed by atoms with van der Waals surface area (Å²) in [5, 5.41) is 4.64. The van der Waals surface area contributed by atoms with Gasteiger partial charge in [0.25, 0.3) is 0 Å². The van der Waals surface area contributed by atoms with Crippen LogP contribution < -0.4 is 0 Å². The van der Waals surface area contributed by atoms with E-state index in [1.165, 1.54) is 0 Å². The van der Waals surface area contributed by atoms with E-state index < -0.39 is 0 Å². The van der Waals surface area contributed by atoms with Gasteiger partial charge in [0.05, 0.1) is 0 Å². The van der Waals surface area contributed by atoms with Gasteiger partial charge in [0, 0.05) is 17.9 Å². The molecule has 22 heavy (non-hydrogen) atoms. The quantitative estimate of drug-likeness (QED) is 0.666. The molecule has 0 aliphatic rings. The van der Waals surface area contributed by atoms with Crippen LogP contribution in [0.2, 0.25) is 0 Å². The lowest BCUT2D eigenvalue weighted by Crippen LogP contribution is -2.05. The first-order chi connectivity index (χ1) is 10.8. The van der Waals surface area contributed by atoms with Crippen LogP contribution in [0.5, 0.6) is 0 Å². The zero-order chi connectivity index (χ0) is 15.4. The van der Waals surface area contributed by atoms with Crippen LogP contribution >= 0.6 is 12.2 Å². The van der Waals surface area contributed by atoms with E-state index in [2.05, 4.69) is 5.10 Å². The van der Waals surface area contributed by atoms with Gasteiger partial charge in [0.15, 0.2) is 5.82 Å². The maximum atomic E-state index is 5.59. The van der Waals surface area contributed by atoms with Gasteiger partial charge in [-0.25, -0.2) is 4.68 Å². The summed E-state index contributed by atoms with van der Waals surface area (Å²) < 4.78 is 9.78. The van der Waals surface area contributed by atoms with Gasteiger partial charge in [-0.05, 0) is 31.3 Å². The molecule has 0 fully saturated rings. The molecule has 1 aromatic heterocycles. The van der Waals surface area contributed by atoms with Crippen LogP contribution in [0.4, 0.5) is 0 Å². The number of hydrogen-bond acceptors (Lipinski definition) is 3. The summed E-state index contributed by atoms with van der Waals surface area (Å²) in [6.45, 7) is 2.94. The van der Waals surface area contributed by atoms with Crippen molar-refractivity contribution in [3.63, 3.8) is 0 Å². The van der Waals surface area contributed by atoms with Crippen molar-refractivity contribution in [2.24, 2.45) is 0 Å². The van der Waals surface area contributed by atoms with Crippen molar-refractivity contribution in [1.82, 2.24) is 14.3 Å². The minimum Gasteiger partial charge on any atom is -0.359 e. The van der Waals surface area contributed by atoms with Crippen LogP contribution in [0.15, 0.2) is 60.7 Å². The lowest BCUT2D eigenvalue weighted by atomic mass is 10.2. The molecule has 0 atom stereocenters. The molecule has 0 amide bonds. The van der Waals surface area contributed by atoms with Crippen molar-refractivity contribution in [3.8, 4) is 17.1 Å². The van der Waals surface area contributed by atoms with E-state index in [1.807, 2.05) is 72.2 Å². The molecule has 0 aliphatic carbocycles. The SMILES string of the molecule is CCOCn1nc(-c2ccccc2)n(-c2ccccc2)c1=S. The van der Waals surface area contributed by atoms with E-state index >= 15 is 0 Å². The Balaban J connectivity index is 2.18. The highest BCUT2D eigenvalue weighted by Gasteiger charge is 2.13. The number of aromatic nitrogens is 3. The Hall–Kier alpha value is -2.24. The van der Waals surface area contributed by atoms with Gasteiger partial charge < -0.3 is 4.74 Å². The molecule has 0 aliphatic heterocycles. The molecule has 0 bridgehead atoms. The topological polar surface area (TPSA) is 32.0 Å². The summed E-state index contributed by atoms with van der Waals surface area (Å²) in [6, 6.07) is 20.1. The van der Waals surface area contributed by atoms with Crippen molar-refractivity contribution in [3.05, 3.63) is 65.4 Å². The van der Waals surface area contributed by atoms with E-state index in [9.17, 15) is 0 Å². The van der Waals surface area contributed by atoms with Gasteiger partial charge in [-0.15, -0.1) is 5.10 Å². The largest absolute Gasteiger partial charge is 0.359 e. The second-order valence-corrected chi connectivity index (χ2v) is 5.13. The molecule has 3 aromatic rings. The Morgan fingerprint density at radius 3 is 2.27 bits per heavy atom. The molecule has 112 valence electrons. The normalized spacial score (nSPS) is 10.8. The van der Waals surface area contributed by atoms with Gasteiger partial charge >= 0.3 is 0 Å². The molecule has 0 saturated carbocycles. The smallest absolute Gasteiger partial charge is 0.205 e. The molecule has 1 heterocycles. The van der Waals surface area contributed by atoms with Crippen LogP contribution in [-0.2, 0) is 11.5 Å². The summed E-state index contributed by atoms with van der Waals surface area (Å²) >= 11 is 5.59. The second kappa shape index (κ2) is 6.68. The Kier molecular flexibility index (Phi) is 4.46. The van der Waals surface area contributed by atoms with Crippen LogP contribution in [0, 0.1) is 4.77 Å². The van der Waals surface area contributed by atoms with E-state index in [4.69, 9.17) is 17.0 Å². The highest BCUT2D eigenvalue weighted by atomic mass is 32.1. The maximum Gasteiger partial charge on any atom is 0.205 e. The predicted octanol–water partition coefficient (Wildman–Crippen LogP) is 4.06. The van der Waals surface area contributed by atoms with Crippen LogP contribution in [-0.4, -0.2) is 21.0 Å². The van der Waals surface area contributed by atoms with Crippen molar-refractivity contribution in [2.45, 2.75) is 13.7 Å². The third-order valence-corrected chi connectivity index (χ3v) is 3.70. The number of ether oxygens (including phenoxy) is 1. The Bertz CT molecular complexity index is 794. The molecule has 0 spiro atoms. The van der Waals surface area contributed by atoms with Crippen LogP contribution in [0.1, 0.15) is 6.92 Å². The zero-order valence-corrected chi connectivity index (χ0v) is 13.2. The van der Waals surface area contributed by atoms with E-state index in [0.29, 0.717) is 18.1 Å². The molecule has 0 unspecified atom stereocenters. The van der Waals surface area contributed by atoms with Gasteiger partial charge in [0.1, 0.15) is 6.73 Å². The van der Waals surface area contributed by atoms with Crippen molar-refractivity contribution < 1.29 is 4.74 Å². The van der Waals surface area contributed by atoms with E-state index in [1.54, 1.807) is 4.68 Å². The third kappa shape index (κ3) is 2.86. The number of nitrogens with zero attached hydrogens (tertiary/aromatic N) is 3. The van der Waals surface area contributed by atoms with Crippen LogP contribution in [0.25, 0.3) is 17.1 Å². The minimum atomic E-state index is 0.356. The molecule has 4 nitrogen and oxygen atoms in total. The van der Waals surface area contributed by atoms with E-state index in [0.717, 1.165) is 17.1 Å². The maximum absolute atomic E-state index is 5.59. The fourth-order valence-corrected chi connectivity index (χ4v) is 2.54. The summed E-state index contributed by atoms with van der Waals surface area (Å²) in [7, 11) is 0. The molecule has 0 radical (unpaired) electrons. The summed E-state index contributed by atoms with van der Waals surface area (Å²) in [6.07, 6.45) is 0. The molecule has 0 saturated heterocycles. The van der Waals surface area contributed by atoms with Gasteiger partial charge in [-0.3, -0.25) is 4.57 Å². The van der Waals surface area contributed by atoms with Gasteiger partial charge in [0.2, 0.25) is 4.77 Å². The number of benzene rings is 2. The minimum absolute atomic E-state index is 0.356. The van der Waals surface area contributed by atoms with Crippen molar-refractivity contribution >= 4 is 12.2 Å². The van der Waals surface area contributed by atoms with E-state index in [-0.39, 0.29) is 0 Å².